The van der Waals surface area contributed by atoms with Crippen LogP contribution in [0.2, 0.25) is 0 Å². The van der Waals surface area contributed by atoms with Crippen molar-refractivity contribution in [2.24, 2.45) is 0 Å². The van der Waals surface area contributed by atoms with E-state index in [4.69, 9.17) is 4.74 Å². The van der Waals surface area contributed by atoms with Crippen LogP contribution in [0.15, 0.2) is 30.3 Å². The molecule has 0 saturated heterocycles. The van der Waals surface area contributed by atoms with E-state index < -0.39 is 11.9 Å². The molecule has 6 nitrogen and oxygen atoms in total. The zero-order chi connectivity index (χ0) is 18.4. The van der Waals surface area contributed by atoms with Crippen molar-refractivity contribution in [1.82, 2.24) is 0 Å². The van der Waals surface area contributed by atoms with Gasteiger partial charge in [0.25, 0.3) is 5.91 Å². The Hall–Kier alpha value is -2.67. The van der Waals surface area contributed by atoms with Gasteiger partial charge in [-0.1, -0.05) is 13.0 Å². The van der Waals surface area contributed by atoms with E-state index in [0.29, 0.717) is 16.3 Å². The van der Waals surface area contributed by atoms with Crippen LogP contribution in [0.5, 0.6) is 0 Å². The number of amides is 2. The third kappa shape index (κ3) is 5.42. The molecule has 0 radical (unpaired) electrons. The molecule has 0 saturated carbocycles. The Labute approximate surface area is 150 Å². The maximum Gasteiger partial charge on any atom is 0.348 e. The molecule has 0 bridgehead atoms. The lowest BCUT2D eigenvalue weighted by Gasteiger charge is -2.08. The Bertz CT molecular complexity index is 798. The maximum absolute atomic E-state index is 12.0. The highest BCUT2D eigenvalue weighted by Gasteiger charge is 2.14. The molecule has 0 unspecified atom stereocenters. The molecule has 25 heavy (non-hydrogen) atoms. The first-order valence-corrected chi connectivity index (χ1v) is 8.64. The van der Waals surface area contributed by atoms with Crippen molar-refractivity contribution in [3.05, 3.63) is 45.6 Å². The van der Waals surface area contributed by atoms with E-state index in [-0.39, 0.29) is 12.5 Å². The van der Waals surface area contributed by atoms with Crippen LogP contribution in [0, 0.1) is 6.92 Å². The topological polar surface area (TPSA) is 84.5 Å². The Morgan fingerprint density at radius 3 is 2.40 bits per heavy atom. The zero-order valence-corrected chi connectivity index (χ0v) is 15.2. The maximum atomic E-state index is 12.0. The summed E-state index contributed by atoms with van der Waals surface area (Å²) in [7, 11) is 0. The summed E-state index contributed by atoms with van der Waals surface area (Å²) in [4.78, 5) is 36.6. The van der Waals surface area contributed by atoms with E-state index in [1.54, 1.807) is 30.3 Å². The molecule has 1 aromatic heterocycles. The van der Waals surface area contributed by atoms with Gasteiger partial charge in [0.05, 0.1) is 0 Å². The summed E-state index contributed by atoms with van der Waals surface area (Å²) in [5.74, 6) is -1.15. The van der Waals surface area contributed by atoms with Gasteiger partial charge in [0.1, 0.15) is 4.88 Å². The quantitative estimate of drug-likeness (QED) is 0.774. The molecule has 0 aliphatic rings. The monoisotopic (exact) mass is 360 g/mol. The van der Waals surface area contributed by atoms with Crippen molar-refractivity contribution in [3.63, 3.8) is 0 Å². The third-order valence-corrected chi connectivity index (χ3v) is 4.71. The van der Waals surface area contributed by atoms with E-state index in [1.807, 2.05) is 13.8 Å². The first kappa shape index (κ1) is 18.7. The zero-order valence-electron chi connectivity index (χ0n) is 14.3. The number of rotatable bonds is 6. The Balaban J connectivity index is 1.89. The van der Waals surface area contributed by atoms with Gasteiger partial charge in [0, 0.05) is 23.2 Å². The normalized spacial score (nSPS) is 10.2. The predicted octanol–water partition coefficient (Wildman–Crippen LogP) is 3.37. The SMILES string of the molecule is CCc1sc(C(=O)OCC(=O)Nc2cccc(NC(C)=O)c2)cc1C. The highest BCUT2D eigenvalue weighted by atomic mass is 32.1. The van der Waals surface area contributed by atoms with Gasteiger partial charge in [-0.05, 0) is 43.2 Å². The number of ether oxygens (including phenoxy) is 1. The van der Waals surface area contributed by atoms with Crippen LogP contribution in [-0.2, 0) is 20.7 Å². The lowest BCUT2D eigenvalue weighted by molar-refractivity contribution is -0.119. The smallest absolute Gasteiger partial charge is 0.348 e. The van der Waals surface area contributed by atoms with Crippen molar-refractivity contribution in [3.8, 4) is 0 Å². The number of hydrogen-bond donors (Lipinski definition) is 2. The standard InChI is InChI=1S/C18H20N2O4S/c1-4-15-11(2)8-16(25-15)18(23)24-10-17(22)20-14-7-5-6-13(9-14)19-12(3)21/h5-9H,4,10H2,1-3H3,(H,19,21)(H,20,22). The fourth-order valence-electron chi connectivity index (χ4n) is 2.25. The largest absolute Gasteiger partial charge is 0.451 e. The first-order chi connectivity index (χ1) is 11.9. The van der Waals surface area contributed by atoms with Gasteiger partial charge >= 0.3 is 5.97 Å². The molecule has 132 valence electrons. The number of esters is 1. The number of aryl methyl sites for hydroxylation is 2. The second-order valence-corrected chi connectivity index (χ2v) is 6.59. The minimum absolute atomic E-state index is 0.199. The second-order valence-electron chi connectivity index (χ2n) is 5.46. The molecular formula is C18H20N2O4S. The van der Waals surface area contributed by atoms with Gasteiger partial charge in [0.2, 0.25) is 5.91 Å². The molecule has 1 aromatic carbocycles. The van der Waals surface area contributed by atoms with Gasteiger partial charge in [-0.15, -0.1) is 11.3 Å². The van der Waals surface area contributed by atoms with E-state index in [1.165, 1.54) is 18.3 Å². The number of hydrogen-bond acceptors (Lipinski definition) is 5. The highest BCUT2D eigenvalue weighted by Crippen LogP contribution is 2.23. The molecule has 0 spiro atoms. The molecular weight excluding hydrogens is 340 g/mol. The summed E-state index contributed by atoms with van der Waals surface area (Å²) >= 11 is 1.38. The van der Waals surface area contributed by atoms with E-state index in [9.17, 15) is 14.4 Å². The molecule has 7 heteroatoms. The Morgan fingerprint density at radius 1 is 1.12 bits per heavy atom. The van der Waals surface area contributed by atoms with Gasteiger partial charge < -0.3 is 15.4 Å². The molecule has 2 amide bonds. The molecule has 0 aliphatic carbocycles. The minimum Gasteiger partial charge on any atom is -0.451 e. The van der Waals surface area contributed by atoms with Crippen molar-refractivity contribution in [1.29, 1.82) is 0 Å². The lowest BCUT2D eigenvalue weighted by atomic mass is 10.2. The number of carbonyl (C=O) groups is 3. The van der Waals surface area contributed by atoms with Crippen LogP contribution in [-0.4, -0.2) is 24.4 Å². The average Bonchev–Trinajstić information content (AvgIpc) is 2.93. The average molecular weight is 360 g/mol. The fourth-order valence-corrected chi connectivity index (χ4v) is 3.26. The van der Waals surface area contributed by atoms with Crippen molar-refractivity contribution < 1.29 is 19.1 Å². The van der Waals surface area contributed by atoms with Crippen molar-refractivity contribution in [2.75, 3.05) is 17.2 Å². The molecule has 2 aromatic rings. The first-order valence-electron chi connectivity index (χ1n) is 7.83. The van der Waals surface area contributed by atoms with Crippen LogP contribution in [0.1, 0.15) is 34.0 Å². The number of anilines is 2. The number of nitrogens with one attached hydrogen (secondary N) is 2. The van der Waals surface area contributed by atoms with Gasteiger partial charge in [-0.25, -0.2) is 4.79 Å². The lowest BCUT2D eigenvalue weighted by Crippen LogP contribution is -2.20. The minimum atomic E-state index is -0.505. The number of carbonyl (C=O) groups excluding carboxylic acids is 3. The summed E-state index contributed by atoms with van der Waals surface area (Å²) in [6.07, 6.45) is 0.856. The van der Waals surface area contributed by atoms with E-state index in [2.05, 4.69) is 10.6 Å². The summed E-state index contributed by atoms with van der Waals surface area (Å²) in [6, 6.07) is 8.49. The number of benzene rings is 1. The third-order valence-electron chi connectivity index (χ3n) is 3.34. The summed E-state index contributed by atoms with van der Waals surface area (Å²) < 4.78 is 5.06. The van der Waals surface area contributed by atoms with E-state index >= 15 is 0 Å². The Kier molecular flexibility index (Phi) is 6.30. The number of thiophene rings is 1. The van der Waals surface area contributed by atoms with Crippen LogP contribution in [0.25, 0.3) is 0 Å². The summed E-state index contributed by atoms with van der Waals surface area (Å²) in [5.41, 5.74) is 2.13. The van der Waals surface area contributed by atoms with Gasteiger partial charge in [0.15, 0.2) is 6.61 Å². The summed E-state index contributed by atoms with van der Waals surface area (Å²) in [5, 5.41) is 5.26. The van der Waals surface area contributed by atoms with E-state index in [0.717, 1.165) is 16.9 Å². The molecule has 0 atom stereocenters. The molecule has 1 heterocycles. The van der Waals surface area contributed by atoms with Crippen LogP contribution in [0.3, 0.4) is 0 Å². The van der Waals surface area contributed by atoms with Gasteiger partial charge in [-0.3, -0.25) is 9.59 Å². The summed E-state index contributed by atoms with van der Waals surface area (Å²) in [6.45, 7) is 5.00. The van der Waals surface area contributed by atoms with Crippen molar-refractivity contribution in [2.45, 2.75) is 27.2 Å². The molecule has 2 rings (SSSR count). The second kappa shape index (κ2) is 8.43. The molecule has 0 aliphatic heterocycles. The predicted molar refractivity (Wildman–Crippen MR) is 98.1 cm³/mol. The van der Waals surface area contributed by atoms with Crippen LogP contribution >= 0.6 is 11.3 Å². The van der Waals surface area contributed by atoms with Crippen LogP contribution in [0.4, 0.5) is 11.4 Å². The van der Waals surface area contributed by atoms with Gasteiger partial charge in [-0.2, -0.15) is 0 Å². The van der Waals surface area contributed by atoms with Crippen LogP contribution < -0.4 is 10.6 Å². The molecule has 0 fully saturated rings. The highest BCUT2D eigenvalue weighted by molar-refractivity contribution is 7.14. The molecule has 2 N–H and O–H groups in total. The Morgan fingerprint density at radius 2 is 1.80 bits per heavy atom. The fraction of sp³-hybridized carbons (Fsp3) is 0.278. The van der Waals surface area contributed by atoms with Crippen molar-refractivity contribution >= 4 is 40.5 Å².